The van der Waals surface area contributed by atoms with Gasteiger partial charge in [0.2, 0.25) is 0 Å². The lowest BCUT2D eigenvalue weighted by molar-refractivity contribution is 0.0942. The quantitative estimate of drug-likeness (QED) is 0.871. The van der Waals surface area contributed by atoms with Crippen molar-refractivity contribution in [3.05, 3.63) is 47.4 Å². The fraction of sp³-hybridized carbons (Fsp3) is 0.250. The first-order valence-electron chi connectivity index (χ1n) is 5.28. The minimum absolute atomic E-state index is 0.227. The Morgan fingerprint density at radius 1 is 1.41 bits per heavy atom. The van der Waals surface area contributed by atoms with Gasteiger partial charge in [0, 0.05) is 5.69 Å². The van der Waals surface area contributed by atoms with Crippen molar-refractivity contribution in [3.63, 3.8) is 0 Å². The van der Waals surface area contributed by atoms with Gasteiger partial charge in [0.15, 0.2) is 0 Å². The Kier molecular flexibility index (Phi) is 3.18. The highest BCUT2D eigenvalue weighted by Crippen LogP contribution is 2.02. The van der Waals surface area contributed by atoms with Gasteiger partial charge in [0.05, 0.1) is 12.8 Å². The Morgan fingerprint density at radius 2 is 2.24 bits per heavy atom. The van der Waals surface area contributed by atoms with Gasteiger partial charge in [-0.1, -0.05) is 0 Å². The first-order valence-corrected chi connectivity index (χ1v) is 5.28. The van der Waals surface area contributed by atoms with Crippen LogP contribution in [0.3, 0.4) is 0 Å². The number of rotatable bonds is 3. The molecular formula is C12H13N3O2. The van der Waals surface area contributed by atoms with Crippen LogP contribution in [0.15, 0.2) is 28.9 Å². The van der Waals surface area contributed by atoms with Crippen LogP contribution in [0.1, 0.15) is 27.8 Å². The molecule has 2 heterocycles. The third kappa shape index (κ3) is 2.90. The van der Waals surface area contributed by atoms with Crippen LogP contribution in [0.2, 0.25) is 0 Å². The molecular weight excluding hydrogens is 218 g/mol. The second-order valence-corrected chi connectivity index (χ2v) is 3.70. The number of hydrogen-bond acceptors (Lipinski definition) is 4. The minimum Gasteiger partial charge on any atom is -0.467 e. The molecule has 2 rings (SSSR count). The van der Waals surface area contributed by atoms with E-state index in [4.69, 9.17) is 4.42 Å². The monoisotopic (exact) mass is 231 g/mol. The van der Waals surface area contributed by atoms with E-state index in [1.165, 1.54) is 0 Å². The van der Waals surface area contributed by atoms with E-state index < -0.39 is 0 Å². The first kappa shape index (κ1) is 11.3. The first-order chi connectivity index (χ1) is 8.15. The van der Waals surface area contributed by atoms with E-state index in [0.29, 0.717) is 23.8 Å². The molecule has 0 unspecified atom stereocenters. The molecule has 0 bridgehead atoms. The maximum atomic E-state index is 11.8. The summed E-state index contributed by atoms with van der Waals surface area (Å²) >= 11 is 0. The maximum Gasteiger partial charge on any atom is 0.270 e. The molecule has 1 N–H and O–H groups in total. The van der Waals surface area contributed by atoms with E-state index in [2.05, 4.69) is 15.3 Å². The van der Waals surface area contributed by atoms with Crippen LogP contribution in [0.25, 0.3) is 0 Å². The molecule has 0 aliphatic rings. The number of amides is 1. The molecule has 0 spiro atoms. The summed E-state index contributed by atoms with van der Waals surface area (Å²) in [5, 5.41) is 2.73. The lowest BCUT2D eigenvalue weighted by Crippen LogP contribution is -2.24. The zero-order valence-corrected chi connectivity index (χ0v) is 9.73. The lowest BCUT2D eigenvalue weighted by atomic mass is 10.3. The Balaban J connectivity index is 2.04. The van der Waals surface area contributed by atoms with Crippen LogP contribution >= 0.6 is 0 Å². The third-order valence-corrected chi connectivity index (χ3v) is 2.20. The van der Waals surface area contributed by atoms with Crippen molar-refractivity contribution in [1.82, 2.24) is 15.3 Å². The fourth-order valence-corrected chi connectivity index (χ4v) is 1.50. The number of nitrogens with zero attached hydrogens (tertiary/aromatic N) is 2. The highest BCUT2D eigenvalue weighted by atomic mass is 16.3. The summed E-state index contributed by atoms with van der Waals surface area (Å²) in [4.78, 5) is 20.0. The smallest absolute Gasteiger partial charge is 0.270 e. The zero-order valence-electron chi connectivity index (χ0n) is 9.73. The van der Waals surface area contributed by atoms with Gasteiger partial charge in [-0.2, -0.15) is 0 Å². The van der Waals surface area contributed by atoms with E-state index in [9.17, 15) is 4.79 Å². The average molecular weight is 231 g/mol. The molecule has 0 atom stereocenters. The Morgan fingerprint density at radius 3 is 2.88 bits per heavy atom. The average Bonchev–Trinajstić information content (AvgIpc) is 2.77. The van der Waals surface area contributed by atoms with Crippen molar-refractivity contribution in [1.29, 1.82) is 0 Å². The SMILES string of the molecule is Cc1cc(C(=O)NCc2ccco2)nc(C)n1. The molecule has 0 aromatic carbocycles. The summed E-state index contributed by atoms with van der Waals surface area (Å²) in [6.07, 6.45) is 1.57. The summed E-state index contributed by atoms with van der Waals surface area (Å²) in [5.41, 5.74) is 1.15. The Bertz CT molecular complexity index is 500. The molecule has 0 saturated carbocycles. The normalized spacial score (nSPS) is 10.2. The number of furan rings is 1. The highest BCUT2D eigenvalue weighted by molar-refractivity contribution is 5.92. The molecule has 5 nitrogen and oxygen atoms in total. The van der Waals surface area contributed by atoms with Crippen molar-refractivity contribution in [2.24, 2.45) is 0 Å². The van der Waals surface area contributed by atoms with E-state index in [-0.39, 0.29) is 5.91 Å². The molecule has 1 amide bonds. The topological polar surface area (TPSA) is 68.0 Å². The van der Waals surface area contributed by atoms with Crippen molar-refractivity contribution in [2.45, 2.75) is 20.4 Å². The number of nitrogens with one attached hydrogen (secondary N) is 1. The van der Waals surface area contributed by atoms with Crippen LogP contribution in [0.4, 0.5) is 0 Å². The van der Waals surface area contributed by atoms with Gasteiger partial charge >= 0.3 is 0 Å². The summed E-state index contributed by atoms with van der Waals surface area (Å²) in [6, 6.07) is 5.24. The largest absolute Gasteiger partial charge is 0.467 e. The molecule has 0 aliphatic heterocycles. The van der Waals surface area contributed by atoms with E-state index >= 15 is 0 Å². The van der Waals surface area contributed by atoms with Crippen molar-refractivity contribution in [3.8, 4) is 0 Å². The number of carbonyl (C=O) groups excluding carboxylic acids is 1. The Hall–Kier alpha value is -2.17. The van der Waals surface area contributed by atoms with E-state index in [1.54, 1.807) is 31.4 Å². The molecule has 2 aromatic rings. The molecule has 2 aromatic heterocycles. The lowest BCUT2D eigenvalue weighted by Gasteiger charge is -2.04. The Labute approximate surface area is 98.9 Å². The van der Waals surface area contributed by atoms with Crippen molar-refractivity contribution >= 4 is 5.91 Å². The summed E-state index contributed by atoms with van der Waals surface area (Å²) in [7, 11) is 0. The van der Waals surface area contributed by atoms with E-state index in [0.717, 1.165) is 5.69 Å². The van der Waals surface area contributed by atoms with Gasteiger partial charge in [-0.05, 0) is 32.0 Å². The number of aromatic nitrogens is 2. The minimum atomic E-state index is -0.227. The summed E-state index contributed by atoms with van der Waals surface area (Å²) in [6.45, 7) is 3.95. The van der Waals surface area contributed by atoms with E-state index in [1.807, 2.05) is 6.92 Å². The second kappa shape index (κ2) is 4.78. The predicted molar refractivity (Wildman–Crippen MR) is 61.4 cm³/mol. The molecule has 0 fully saturated rings. The predicted octanol–water partition coefficient (Wildman–Crippen LogP) is 1.62. The van der Waals surface area contributed by atoms with Crippen LogP contribution in [-0.4, -0.2) is 15.9 Å². The number of aryl methyl sites for hydroxylation is 2. The summed E-state index contributed by atoms with van der Waals surface area (Å²) < 4.78 is 5.12. The van der Waals surface area contributed by atoms with Crippen LogP contribution < -0.4 is 5.32 Å². The van der Waals surface area contributed by atoms with Crippen LogP contribution in [-0.2, 0) is 6.54 Å². The van der Waals surface area contributed by atoms with Crippen molar-refractivity contribution < 1.29 is 9.21 Å². The highest BCUT2D eigenvalue weighted by Gasteiger charge is 2.09. The van der Waals surface area contributed by atoms with Crippen molar-refractivity contribution in [2.75, 3.05) is 0 Å². The molecule has 0 saturated heterocycles. The molecule has 0 aliphatic carbocycles. The molecule has 0 radical (unpaired) electrons. The van der Waals surface area contributed by atoms with Gasteiger partial charge in [0.1, 0.15) is 17.3 Å². The molecule has 5 heteroatoms. The molecule has 88 valence electrons. The standard InChI is InChI=1S/C12H13N3O2/c1-8-6-11(15-9(2)14-8)12(16)13-7-10-4-3-5-17-10/h3-6H,7H2,1-2H3,(H,13,16). The van der Waals surface area contributed by atoms with Gasteiger partial charge in [-0.25, -0.2) is 9.97 Å². The maximum absolute atomic E-state index is 11.8. The van der Waals surface area contributed by atoms with Gasteiger partial charge in [-0.15, -0.1) is 0 Å². The fourth-order valence-electron chi connectivity index (χ4n) is 1.50. The number of hydrogen-bond donors (Lipinski definition) is 1. The number of carbonyl (C=O) groups is 1. The third-order valence-electron chi connectivity index (χ3n) is 2.20. The summed E-state index contributed by atoms with van der Waals surface area (Å²) in [5.74, 6) is 1.07. The van der Waals surface area contributed by atoms with Gasteiger partial charge in [0.25, 0.3) is 5.91 Å². The zero-order chi connectivity index (χ0) is 12.3. The van der Waals surface area contributed by atoms with Gasteiger partial charge in [-0.3, -0.25) is 4.79 Å². The molecule has 17 heavy (non-hydrogen) atoms. The van der Waals surface area contributed by atoms with Crippen LogP contribution in [0.5, 0.6) is 0 Å². The van der Waals surface area contributed by atoms with Gasteiger partial charge < -0.3 is 9.73 Å². The second-order valence-electron chi connectivity index (χ2n) is 3.70. The van der Waals surface area contributed by atoms with Crippen LogP contribution in [0, 0.1) is 13.8 Å².